The fourth-order valence-corrected chi connectivity index (χ4v) is 0.896. The van der Waals surface area contributed by atoms with Crippen molar-refractivity contribution < 1.29 is 5.21 Å². The minimum Gasteiger partial charge on any atom is -0.411 e. The molecule has 0 aliphatic heterocycles. The topological polar surface area (TPSA) is 32.6 Å². The molecule has 1 N–H and O–H groups in total. The first-order valence-electron chi connectivity index (χ1n) is 3.88. The van der Waals surface area contributed by atoms with Crippen molar-refractivity contribution in [3.63, 3.8) is 0 Å². The highest BCUT2D eigenvalue weighted by atomic mass is 16.4. The highest BCUT2D eigenvalue weighted by Crippen LogP contribution is 2.05. The molecule has 1 aromatic carbocycles. The van der Waals surface area contributed by atoms with E-state index in [4.69, 9.17) is 5.21 Å². The quantitative estimate of drug-likeness (QED) is 0.413. The Balaban J connectivity index is 2.44. The Morgan fingerprint density at radius 2 is 2.08 bits per heavy atom. The summed E-state index contributed by atoms with van der Waals surface area (Å²) >= 11 is 0. The summed E-state index contributed by atoms with van der Waals surface area (Å²) in [5, 5.41) is 11.5. The second-order valence-electron chi connectivity index (χ2n) is 2.65. The van der Waals surface area contributed by atoms with Crippen LogP contribution in [0.1, 0.15) is 18.9 Å². The van der Waals surface area contributed by atoms with Crippen molar-refractivity contribution in [1.29, 1.82) is 0 Å². The minimum absolute atomic E-state index is 0.695. The number of oxime groups is 1. The third-order valence-corrected chi connectivity index (χ3v) is 1.60. The van der Waals surface area contributed by atoms with Gasteiger partial charge in [-0.1, -0.05) is 35.5 Å². The first kappa shape index (κ1) is 8.78. The van der Waals surface area contributed by atoms with Crippen LogP contribution in [0.3, 0.4) is 0 Å². The fraction of sp³-hybridized carbons (Fsp3) is 0.200. The van der Waals surface area contributed by atoms with Crippen LogP contribution in [0.2, 0.25) is 0 Å². The van der Waals surface area contributed by atoms with Crippen LogP contribution in [0.15, 0.2) is 35.5 Å². The zero-order chi connectivity index (χ0) is 8.81. The van der Waals surface area contributed by atoms with E-state index in [1.54, 1.807) is 6.92 Å². The molecule has 0 fully saturated rings. The fourth-order valence-electron chi connectivity index (χ4n) is 0.896. The van der Waals surface area contributed by atoms with Crippen LogP contribution >= 0.6 is 0 Å². The lowest BCUT2D eigenvalue weighted by molar-refractivity contribution is 0.317. The van der Waals surface area contributed by atoms with Gasteiger partial charge in [0.2, 0.25) is 0 Å². The molecule has 12 heavy (non-hydrogen) atoms. The van der Waals surface area contributed by atoms with Gasteiger partial charge in [-0.25, -0.2) is 0 Å². The molecule has 0 amide bonds. The Kier molecular flexibility index (Phi) is 3.33. The van der Waals surface area contributed by atoms with Crippen LogP contribution in [0.5, 0.6) is 0 Å². The summed E-state index contributed by atoms with van der Waals surface area (Å²) in [5.41, 5.74) is 1.87. The van der Waals surface area contributed by atoms with Crippen LogP contribution in [0.25, 0.3) is 0 Å². The second kappa shape index (κ2) is 4.54. The van der Waals surface area contributed by atoms with E-state index in [1.807, 2.05) is 36.8 Å². The molecule has 0 aliphatic carbocycles. The van der Waals surface area contributed by atoms with E-state index in [1.165, 1.54) is 0 Å². The van der Waals surface area contributed by atoms with Crippen molar-refractivity contribution in [2.24, 2.45) is 5.16 Å². The normalized spacial score (nSPS) is 11.6. The maximum absolute atomic E-state index is 8.38. The summed E-state index contributed by atoms with van der Waals surface area (Å²) in [6, 6.07) is 9.98. The van der Waals surface area contributed by atoms with Crippen molar-refractivity contribution >= 4 is 5.71 Å². The lowest BCUT2D eigenvalue weighted by atomic mass is 10.1. The van der Waals surface area contributed by atoms with E-state index in [-0.39, 0.29) is 0 Å². The molecule has 1 rings (SSSR count). The predicted molar refractivity (Wildman–Crippen MR) is 49.4 cm³/mol. The summed E-state index contributed by atoms with van der Waals surface area (Å²) in [4.78, 5) is 0. The van der Waals surface area contributed by atoms with Gasteiger partial charge in [-0.15, -0.1) is 0 Å². The highest BCUT2D eigenvalue weighted by Gasteiger charge is 1.94. The smallest absolute Gasteiger partial charge is 0.0546 e. The van der Waals surface area contributed by atoms with E-state index in [2.05, 4.69) is 5.16 Å². The first-order valence-corrected chi connectivity index (χ1v) is 3.88. The summed E-state index contributed by atoms with van der Waals surface area (Å²) in [6.45, 7) is 1.79. The SMILES string of the molecule is CC(C[CH]c1ccccc1)=NO. The molecule has 0 bridgehead atoms. The Morgan fingerprint density at radius 1 is 1.42 bits per heavy atom. The van der Waals surface area contributed by atoms with Gasteiger partial charge in [0.15, 0.2) is 0 Å². The van der Waals surface area contributed by atoms with Crippen molar-refractivity contribution in [1.82, 2.24) is 0 Å². The Labute approximate surface area is 72.5 Å². The van der Waals surface area contributed by atoms with E-state index in [0.717, 1.165) is 11.3 Å². The molecular weight excluding hydrogens is 150 g/mol. The van der Waals surface area contributed by atoms with Crippen LogP contribution in [0.4, 0.5) is 0 Å². The third kappa shape index (κ3) is 2.74. The Hall–Kier alpha value is -1.31. The van der Waals surface area contributed by atoms with Gasteiger partial charge in [0, 0.05) is 0 Å². The number of hydrogen-bond donors (Lipinski definition) is 1. The van der Waals surface area contributed by atoms with Crippen LogP contribution in [-0.4, -0.2) is 10.9 Å². The Bertz CT molecular complexity index is 254. The monoisotopic (exact) mass is 162 g/mol. The standard InChI is InChI=1S/C10H12NO/c1-9(11-12)7-8-10-5-3-2-4-6-10/h2-6,8,12H,7H2,1H3. The molecule has 1 radical (unpaired) electrons. The van der Waals surface area contributed by atoms with Crippen LogP contribution < -0.4 is 0 Å². The lowest BCUT2D eigenvalue weighted by Gasteiger charge is -1.98. The molecule has 0 atom stereocenters. The van der Waals surface area contributed by atoms with Crippen molar-refractivity contribution in [2.75, 3.05) is 0 Å². The van der Waals surface area contributed by atoms with Gasteiger partial charge in [0.05, 0.1) is 5.71 Å². The number of rotatable bonds is 3. The van der Waals surface area contributed by atoms with Crippen molar-refractivity contribution in [2.45, 2.75) is 13.3 Å². The molecule has 1 aromatic rings. The van der Waals surface area contributed by atoms with Crippen LogP contribution in [-0.2, 0) is 0 Å². The summed E-state index contributed by atoms with van der Waals surface area (Å²) in [7, 11) is 0. The van der Waals surface area contributed by atoms with Gasteiger partial charge in [-0.05, 0) is 25.3 Å². The largest absolute Gasteiger partial charge is 0.411 e. The highest BCUT2D eigenvalue weighted by molar-refractivity contribution is 5.82. The predicted octanol–water partition coefficient (Wildman–Crippen LogP) is 2.48. The maximum Gasteiger partial charge on any atom is 0.0546 e. The molecule has 63 valence electrons. The average Bonchev–Trinajstić information content (AvgIpc) is 2.16. The van der Waals surface area contributed by atoms with Crippen molar-refractivity contribution in [3.8, 4) is 0 Å². The van der Waals surface area contributed by atoms with Gasteiger partial charge in [-0.2, -0.15) is 0 Å². The molecule has 0 spiro atoms. The summed E-state index contributed by atoms with van der Waals surface area (Å²) in [5.74, 6) is 0. The van der Waals surface area contributed by atoms with Gasteiger partial charge in [-0.3, -0.25) is 0 Å². The first-order chi connectivity index (χ1) is 5.83. The van der Waals surface area contributed by atoms with Crippen LogP contribution in [0, 0.1) is 6.42 Å². The molecule has 2 nitrogen and oxygen atoms in total. The van der Waals surface area contributed by atoms with Gasteiger partial charge >= 0.3 is 0 Å². The number of hydrogen-bond acceptors (Lipinski definition) is 2. The van der Waals surface area contributed by atoms with Crippen molar-refractivity contribution in [3.05, 3.63) is 42.3 Å². The zero-order valence-electron chi connectivity index (χ0n) is 7.07. The number of nitrogens with zero attached hydrogens (tertiary/aromatic N) is 1. The average molecular weight is 162 g/mol. The molecular formula is C10H12NO. The third-order valence-electron chi connectivity index (χ3n) is 1.60. The van der Waals surface area contributed by atoms with E-state index in [0.29, 0.717) is 6.42 Å². The Morgan fingerprint density at radius 3 is 2.67 bits per heavy atom. The molecule has 0 heterocycles. The summed E-state index contributed by atoms with van der Waals surface area (Å²) in [6.07, 6.45) is 2.72. The second-order valence-corrected chi connectivity index (χ2v) is 2.65. The summed E-state index contributed by atoms with van der Waals surface area (Å²) < 4.78 is 0. The molecule has 0 saturated heterocycles. The molecule has 2 heteroatoms. The van der Waals surface area contributed by atoms with E-state index >= 15 is 0 Å². The number of benzene rings is 1. The molecule has 0 aliphatic rings. The molecule has 0 aromatic heterocycles. The minimum atomic E-state index is 0.695. The van der Waals surface area contributed by atoms with E-state index < -0.39 is 0 Å². The van der Waals surface area contributed by atoms with E-state index in [9.17, 15) is 0 Å². The maximum atomic E-state index is 8.38. The molecule has 0 unspecified atom stereocenters. The molecule has 0 saturated carbocycles. The van der Waals surface area contributed by atoms with Gasteiger partial charge in [0.1, 0.15) is 0 Å². The van der Waals surface area contributed by atoms with Gasteiger partial charge < -0.3 is 5.21 Å². The lowest BCUT2D eigenvalue weighted by Crippen LogP contribution is -1.92. The van der Waals surface area contributed by atoms with Gasteiger partial charge in [0.25, 0.3) is 0 Å². The zero-order valence-corrected chi connectivity index (χ0v) is 7.07.